The fourth-order valence-electron chi connectivity index (χ4n) is 4.86. The first-order chi connectivity index (χ1) is 22.3. The van der Waals surface area contributed by atoms with Crippen molar-refractivity contribution in [2.45, 2.75) is 24.2 Å². The molecule has 2 aromatic heterocycles. The molecular weight excluding hydrogens is 637 g/mol. The predicted molar refractivity (Wildman–Crippen MR) is 168 cm³/mol. The van der Waals surface area contributed by atoms with Gasteiger partial charge in [-0.1, -0.05) is 42.1 Å². The molecule has 1 N–H and O–H groups in total. The Bertz CT molecular complexity index is 1930. The third-order valence-electron chi connectivity index (χ3n) is 7.10. The summed E-state index contributed by atoms with van der Waals surface area (Å²) >= 11 is 2.57. The van der Waals surface area contributed by atoms with Crippen LogP contribution >= 0.6 is 23.1 Å². The minimum Gasteiger partial charge on any atom is -0.345 e. The Kier molecular flexibility index (Phi) is 8.94. The van der Waals surface area contributed by atoms with Crippen LogP contribution < -0.4 is 5.32 Å². The van der Waals surface area contributed by atoms with Crippen molar-refractivity contribution < 1.29 is 23.3 Å². The fraction of sp³-hybridized carbons (Fsp3) is 0.129. The van der Waals surface area contributed by atoms with Crippen molar-refractivity contribution in [1.82, 2.24) is 25.1 Å². The topological polar surface area (TPSA) is 136 Å². The predicted octanol–water partition coefficient (Wildman–Crippen LogP) is 5.92. The Morgan fingerprint density at radius 2 is 1.76 bits per heavy atom. The minimum absolute atomic E-state index is 0.106. The van der Waals surface area contributed by atoms with Gasteiger partial charge in [0.05, 0.1) is 39.4 Å². The fourth-order valence-corrected chi connectivity index (χ4v) is 6.40. The van der Waals surface area contributed by atoms with E-state index in [1.165, 1.54) is 77.0 Å². The first-order valence-corrected chi connectivity index (χ1v) is 15.7. The van der Waals surface area contributed by atoms with Crippen LogP contribution in [0.25, 0.3) is 5.69 Å². The Balaban J connectivity index is 1.25. The van der Waals surface area contributed by atoms with E-state index in [1.807, 2.05) is 17.5 Å². The molecule has 11 nitrogen and oxygen atoms in total. The molecule has 1 aliphatic rings. The third kappa shape index (κ3) is 6.55. The molecule has 0 saturated heterocycles. The summed E-state index contributed by atoms with van der Waals surface area (Å²) in [6.07, 6.45) is 0.452. The smallest absolute Gasteiger partial charge is 0.269 e. The molecule has 232 valence electrons. The lowest BCUT2D eigenvalue weighted by atomic mass is 10.0. The average Bonchev–Trinajstić information content (AvgIpc) is 3.83. The van der Waals surface area contributed by atoms with Crippen LogP contribution in [0.5, 0.6) is 0 Å². The lowest BCUT2D eigenvalue weighted by Gasteiger charge is -2.22. The van der Waals surface area contributed by atoms with Gasteiger partial charge in [0.25, 0.3) is 17.5 Å². The Labute approximate surface area is 268 Å². The number of nitrogens with one attached hydrogen (secondary N) is 1. The maximum atomic E-state index is 14.2. The second kappa shape index (κ2) is 13.4. The summed E-state index contributed by atoms with van der Waals surface area (Å²) < 4.78 is 29.4. The zero-order chi connectivity index (χ0) is 32.2. The molecule has 15 heteroatoms. The molecule has 3 heterocycles. The zero-order valence-corrected chi connectivity index (χ0v) is 25.4. The minimum atomic E-state index is -0.683. The summed E-state index contributed by atoms with van der Waals surface area (Å²) in [6, 6.07) is 20.5. The zero-order valence-electron chi connectivity index (χ0n) is 23.7. The molecule has 0 fully saturated rings. The normalized spacial score (nSPS) is 14.3. The number of rotatable bonds is 10. The number of hydrogen-bond donors (Lipinski definition) is 1. The summed E-state index contributed by atoms with van der Waals surface area (Å²) in [6.45, 7) is -0.154. The molecule has 1 atom stereocenters. The van der Waals surface area contributed by atoms with Crippen LogP contribution in [0.3, 0.4) is 0 Å². The van der Waals surface area contributed by atoms with Crippen molar-refractivity contribution in [3.05, 3.63) is 134 Å². The molecular formula is C31H23F2N7O4S2. The van der Waals surface area contributed by atoms with Gasteiger partial charge in [0.15, 0.2) is 11.0 Å². The van der Waals surface area contributed by atoms with E-state index in [4.69, 9.17) is 0 Å². The molecule has 5 aromatic rings. The highest BCUT2D eigenvalue weighted by atomic mass is 32.2. The third-order valence-corrected chi connectivity index (χ3v) is 8.93. The number of carbonyl (C=O) groups is 2. The number of amides is 2. The van der Waals surface area contributed by atoms with Gasteiger partial charge in [0.2, 0.25) is 0 Å². The number of hydrazone groups is 1. The van der Waals surface area contributed by atoms with Crippen LogP contribution in [-0.4, -0.2) is 48.0 Å². The lowest BCUT2D eigenvalue weighted by molar-refractivity contribution is -0.384. The Hall–Kier alpha value is -5.28. The van der Waals surface area contributed by atoms with Gasteiger partial charge in [-0.3, -0.25) is 24.3 Å². The number of thioether (sulfide) groups is 1. The molecule has 2 amide bonds. The van der Waals surface area contributed by atoms with Crippen LogP contribution in [0, 0.1) is 21.7 Å². The summed E-state index contributed by atoms with van der Waals surface area (Å²) in [5, 5.41) is 30.5. The number of benzene rings is 3. The maximum absolute atomic E-state index is 14.2. The van der Waals surface area contributed by atoms with Gasteiger partial charge in [-0.15, -0.1) is 21.5 Å². The number of non-ortho nitro benzene ring substituents is 1. The molecule has 3 aromatic carbocycles. The van der Waals surface area contributed by atoms with Crippen molar-refractivity contribution in [1.29, 1.82) is 0 Å². The molecule has 0 bridgehead atoms. The number of halogens is 2. The molecule has 0 saturated carbocycles. The largest absolute Gasteiger partial charge is 0.345 e. The van der Waals surface area contributed by atoms with Crippen molar-refractivity contribution in [3.8, 4) is 5.69 Å². The van der Waals surface area contributed by atoms with Gasteiger partial charge < -0.3 is 5.32 Å². The summed E-state index contributed by atoms with van der Waals surface area (Å²) in [5.74, 6) is -1.93. The highest BCUT2D eigenvalue weighted by molar-refractivity contribution is 7.99. The Morgan fingerprint density at radius 1 is 1.00 bits per heavy atom. The summed E-state index contributed by atoms with van der Waals surface area (Å²) in [7, 11) is 0. The average molecular weight is 660 g/mol. The van der Waals surface area contributed by atoms with E-state index in [0.29, 0.717) is 12.1 Å². The SMILES string of the molecule is O=C(NCc1nnc(SCC(=O)N2N=C(c3cccs3)CC2c2ccc(F)cc2)n1-c1ccc([N+](=O)[O-])cc1)c1ccccc1F. The maximum Gasteiger partial charge on any atom is 0.269 e. The van der Waals surface area contributed by atoms with E-state index in [1.54, 1.807) is 16.7 Å². The molecule has 6 rings (SSSR count). The van der Waals surface area contributed by atoms with Gasteiger partial charge in [-0.05, 0) is 53.4 Å². The van der Waals surface area contributed by atoms with E-state index in [9.17, 15) is 28.5 Å². The number of nitro groups is 1. The Morgan fingerprint density at radius 3 is 2.46 bits per heavy atom. The van der Waals surface area contributed by atoms with E-state index >= 15 is 0 Å². The van der Waals surface area contributed by atoms with Crippen molar-refractivity contribution in [2.24, 2.45) is 5.10 Å². The van der Waals surface area contributed by atoms with Crippen LogP contribution in [-0.2, 0) is 11.3 Å². The number of aromatic nitrogens is 3. The van der Waals surface area contributed by atoms with Crippen molar-refractivity contribution >= 4 is 46.3 Å². The van der Waals surface area contributed by atoms with E-state index in [-0.39, 0.29) is 46.3 Å². The van der Waals surface area contributed by atoms with E-state index < -0.39 is 22.7 Å². The van der Waals surface area contributed by atoms with Crippen molar-refractivity contribution in [2.75, 3.05) is 5.75 Å². The van der Waals surface area contributed by atoms with E-state index in [2.05, 4.69) is 20.6 Å². The van der Waals surface area contributed by atoms with Gasteiger partial charge in [-0.2, -0.15) is 5.10 Å². The summed E-state index contributed by atoms with van der Waals surface area (Å²) in [5.41, 5.74) is 1.65. The van der Waals surface area contributed by atoms with Gasteiger partial charge in [-0.25, -0.2) is 13.8 Å². The molecule has 0 aliphatic carbocycles. The molecule has 0 spiro atoms. The first kappa shape index (κ1) is 30.7. The molecule has 1 unspecified atom stereocenters. The molecule has 1 aliphatic heterocycles. The van der Waals surface area contributed by atoms with Gasteiger partial charge in [0, 0.05) is 24.2 Å². The number of nitrogens with zero attached hydrogens (tertiary/aromatic N) is 6. The second-order valence-corrected chi connectivity index (χ2v) is 11.9. The number of carbonyl (C=O) groups excluding carboxylic acids is 2. The molecule has 0 radical (unpaired) electrons. The number of nitro benzene ring substituents is 1. The highest BCUT2D eigenvalue weighted by Gasteiger charge is 2.34. The second-order valence-electron chi connectivity index (χ2n) is 9.99. The quantitative estimate of drug-likeness (QED) is 0.112. The summed E-state index contributed by atoms with van der Waals surface area (Å²) in [4.78, 5) is 38.0. The van der Waals surface area contributed by atoms with Crippen LogP contribution in [0.4, 0.5) is 14.5 Å². The monoisotopic (exact) mass is 659 g/mol. The van der Waals surface area contributed by atoms with Crippen LogP contribution in [0.1, 0.15) is 39.1 Å². The van der Waals surface area contributed by atoms with E-state index in [0.717, 1.165) is 27.9 Å². The van der Waals surface area contributed by atoms with Crippen LogP contribution in [0.2, 0.25) is 0 Å². The van der Waals surface area contributed by atoms with Gasteiger partial charge >= 0.3 is 0 Å². The molecule has 46 heavy (non-hydrogen) atoms. The standard InChI is InChI=1S/C31H23F2N7O4S2/c32-20-9-7-19(8-10-20)26-16-25(27-6-3-15-45-27)37-39(26)29(41)18-46-31-36-35-28(17-34-30(42)23-4-1-2-5-24(23)33)38(31)21-11-13-22(14-12-21)40(43)44/h1-15,26H,16-18H2,(H,34,42). The van der Waals surface area contributed by atoms with Gasteiger partial charge in [0.1, 0.15) is 11.6 Å². The van der Waals surface area contributed by atoms with Crippen LogP contribution in [0.15, 0.2) is 101 Å². The first-order valence-electron chi connectivity index (χ1n) is 13.8. The van der Waals surface area contributed by atoms with Crippen molar-refractivity contribution in [3.63, 3.8) is 0 Å². The highest BCUT2D eigenvalue weighted by Crippen LogP contribution is 2.35. The number of thiophene rings is 1. The lowest BCUT2D eigenvalue weighted by Crippen LogP contribution is -2.28. The number of hydrogen-bond acceptors (Lipinski definition) is 9.